The fourth-order valence-electron chi connectivity index (χ4n) is 3.48. The van der Waals surface area contributed by atoms with Crippen molar-refractivity contribution in [2.75, 3.05) is 32.8 Å². The number of amides is 2. The highest BCUT2D eigenvalue weighted by molar-refractivity contribution is 5.83. The lowest BCUT2D eigenvalue weighted by molar-refractivity contribution is -0.130. The molecule has 0 bridgehead atoms. The number of hydrogen-bond donors (Lipinski definition) is 0. The van der Waals surface area contributed by atoms with Crippen LogP contribution in [0.25, 0.3) is 0 Å². The third-order valence-corrected chi connectivity index (χ3v) is 4.78. The van der Waals surface area contributed by atoms with Gasteiger partial charge in [0.1, 0.15) is 13.2 Å². The predicted octanol–water partition coefficient (Wildman–Crippen LogP) is 1.23. The van der Waals surface area contributed by atoms with E-state index in [0.717, 1.165) is 5.56 Å². The normalized spacial score (nSPS) is 23.1. The maximum atomic E-state index is 12.7. The molecule has 2 fully saturated rings. The van der Waals surface area contributed by atoms with Crippen molar-refractivity contribution in [1.82, 2.24) is 19.9 Å². The zero-order valence-corrected chi connectivity index (χ0v) is 13.6. The molecule has 1 aromatic heterocycles. The molecule has 0 spiro atoms. The Balaban J connectivity index is 1.53. The quantitative estimate of drug-likeness (QED) is 0.830. The Morgan fingerprint density at radius 2 is 2.00 bits per heavy atom. The highest BCUT2D eigenvalue weighted by Crippen LogP contribution is 2.38. The van der Waals surface area contributed by atoms with E-state index in [4.69, 9.17) is 9.26 Å². The minimum atomic E-state index is -0.429. The SMILES string of the molecule is O=C(CN1CCOC1=O)N1CC(c2ccccc2)C(c2ncon2)C1. The number of rotatable bonds is 4. The Hall–Kier alpha value is -2.90. The van der Waals surface area contributed by atoms with Gasteiger partial charge in [-0.05, 0) is 5.56 Å². The molecule has 2 aromatic rings. The third kappa shape index (κ3) is 3.07. The van der Waals surface area contributed by atoms with Crippen molar-refractivity contribution in [3.63, 3.8) is 0 Å². The van der Waals surface area contributed by atoms with Gasteiger partial charge in [0.2, 0.25) is 12.3 Å². The first-order valence-corrected chi connectivity index (χ1v) is 8.23. The highest BCUT2D eigenvalue weighted by Gasteiger charge is 2.40. The summed E-state index contributed by atoms with van der Waals surface area (Å²) >= 11 is 0. The number of carbonyl (C=O) groups is 2. The molecule has 3 heterocycles. The van der Waals surface area contributed by atoms with Crippen LogP contribution < -0.4 is 0 Å². The molecule has 0 N–H and O–H groups in total. The van der Waals surface area contributed by atoms with Gasteiger partial charge in [-0.25, -0.2) is 4.79 Å². The first-order chi connectivity index (χ1) is 12.2. The molecule has 2 unspecified atom stereocenters. The molecule has 2 amide bonds. The van der Waals surface area contributed by atoms with Crippen LogP contribution in [-0.2, 0) is 9.53 Å². The summed E-state index contributed by atoms with van der Waals surface area (Å²) in [6.07, 6.45) is 0.879. The van der Waals surface area contributed by atoms with Crippen molar-refractivity contribution in [3.8, 4) is 0 Å². The van der Waals surface area contributed by atoms with E-state index >= 15 is 0 Å². The Bertz CT molecular complexity index is 749. The molecular formula is C17H18N4O4. The second-order valence-electron chi connectivity index (χ2n) is 6.25. The Morgan fingerprint density at radius 3 is 2.68 bits per heavy atom. The van der Waals surface area contributed by atoms with Gasteiger partial charge in [0.15, 0.2) is 5.82 Å². The smallest absolute Gasteiger partial charge is 0.410 e. The number of hydrogen-bond acceptors (Lipinski definition) is 6. The maximum absolute atomic E-state index is 12.7. The van der Waals surface area contributed by atoms with Crippen molar-refractivity contribution in [3.05, 3.63) is 48.1 Å². The topological polar surface area (TPSA) is 88.8 Å². The van der Waals surface area contributed by atoms with Gasteiger partial charge in [0.25, 0.3) is 0 Å². The zero-order chi connectivity index (χ0) is 17.2. The van der Waals surface area contributed by atoms with Gasteiger partial charge in [-0.2, -0.15) is 4.98 Å². The molecule has 2 aliphatic heterocycles. The third-order valence-electron chi connectivity index (χ3n) is 4.78. The fraction of sp³-hybridized carbons (Fsp3) is 0.412. The molecule has 1 aromatic carbocycles. The summed E-state index contributed by atoms with van der Waals surface area (Å²) in [5.41, 5.74) is 1.13. The van der Waals surface area contributed by atoms with Crippen LogP contribution >= 0.6 is 0 Å². The van der Waals surface area contributed by atoms with E-state index in [1.165, 1.54) is 11.3 Å². The number of likely N-dealkylation sites (tertiary alicyclic amines) is 1. The Labute approximate surface area is 144 Å². The van der Waals surface area contributed by atoms with E-state index in [1.807, 2.05) is 30.3 Å². The number of nitrogens with zero attached hydrogens (tertiary/aromatic N) is 4. The van der Waals surface area contributed by atoms with Gasteiger partial charge in [-0.1, -0.05) is 35.5 Å². The fourth-order valence-corrected chi connectivity index (χ4v) is 3.48. The molecule has 130 valence electrons. The standard InChI is InChI=1S/C17H18N4O4/c22-15(10-20-6-7-24-17(20)23)21-8-13(12-4-2-1-3-5-12)14(9-21)16-18-11-25-19-16/h1-5,11,13-14H,6-10H2. The molecular weight excluding hydrogens is 324 g/mol. The number of aromatic nitrogens is 2. The van der Waals surface area contributed by atoms with Crippen LogP contribution in [-0.4, -0.2) is 64.7 Å². The van der Waals surface area contributed by atoms with Crippen LogP contribution in [0.3, 0.4) is 0 Å². The van der Waals surface area contributed by atoms with Crippen LogP contribution in [0.1, 0.15) is 23.2 Å². The summed E-state index contributed by atoms with van der Waals surface area (Å²) in [4.78, 5) is 31.6. The summed E-state index contributed by atoms with van der Waals surface area (Å²) in [6, 6.07) is 10.0. The maximum Gasteiger partial charge on any atom is 0.410 e. The largest absolute Gasteiger partial charge is 0.448 e. The van der Waals surface area contributed by atoms with Crippen molar-refractivity contribution in [2.45, 2.75) is 11.8 Å². The van der Waals surface area contributed by atoms with E-state index < -0.39 is 6.09 Å². The number of benzene rings is 1. The molecule has 0 saturated carbocycles. The average molecular weight is 342 g/mol. The van der Waals surface area contributed by atoms with Gasteiger partial charge in [-0.15, -0.1) is 0 Å². The van der Waals surface area contributed by atoms with Crippen molar-refractivity contribution in [2.24, 2.45) is 0 Å². The number of cyclic esters (lactones) is 1. The minimum Gasteiger partial charge on any atom is -0.448 e. The summed E-state index contributed by atoms with van der Waals surface area (Å²) in [5.74, 6) is 0.569. The summed E-state index contributed by atoms with van der Waals surface area (Å²) in [7, 11) is 0. The van der Waals surface area contributed by atoms with E-state index in [0.29, 0.717) is 32.1 Å². The van der Waals surface area contributed by atoms with Crippen molar-refractivity contribution >= 4 is 12.0 Å². The lowest BCUT2D eigenvalue weighted by atomic mass is 9.88. The second kappa shape index (κ2) is 6.54. The monoisotopic (exact) mass is 342 g/mol. The molecule has 4 rings (SSSR count). The van der Waals surface area contributed by atoms with E-state index in [1.54, 1.807) is 4.90 Å². The van der Waals surface area contributed by atoms with E-state index in [-0.39, 0.29) is 24.3 Å². The zero-order valence-electron chi connectivity index (χ0n) is 13.6. The summed E-state index contributed by atoms with van der Waals surface area (Å²) < 4.78 is 9.78. The first-order valence-electron chi connectivity index (χ1n) is 8.23. The highest BCUT2D eigenvalue weighted by atomic mass is 16.6. The van der Waals surface area contributed by atoms with Gasteiger partial charge in [0, 0.05) is 24.9 Å². The first kappa shape index (κ1) is 15.6. The molecule has 0 radical (unpaired) electrons. The molecule has 0 aliphatic carbocycles. The molecule has 25 heavy (non-hydrogen) atoms. The van der Waals surface area contributed by atoms with Gasteiger partial charge in [0.05, 0.1) is 6.54 Å². The Morgan fingerprint density at radius 1 is 1.20 bits per heavy atom. The van der Waals surface area contributed by atoms with Crippen LogP contribution in [0, 0.1) is 0 Å². The molecule has 8 nitrogen and oxygen atoms in total. The van der Waals surface area contributed by atoms with E-state index in [2.05, 4.69) is 10.1 Å². The lowest BCUT2D eigenvalue weighted by Gasteiger charge is -2.19. The number of ether oxygens (including phenoxy) is 1. The van der Waals surface area contributed by atoms with Crippen molar-refractivity contribution < 1.29 is 18.8 Å². The molecule has 2 aliphatic rings. The van der Waals surface area contributed by atoms with Crippen LogP contribution in [0.4, 0.5) is 4.79 Å². The summed E-state index contributed by atoms with van der Waals surface area (Å²) in [5, 5.41) is 3.97. The Kier molecular flexibility index (Phi) is 4.09. The summed E-state index contributed by atoms with van der Waals surface area (Å²) in [6.45, 7) is 1.89. The number of carbonyl (C=O) groups excluding carboxylic acids is 2. The minimum absolute atomic E-state index is 0.0318. The molecule has 2 saturated heterocycles. The van der Waals surface area contributed by atoms with Crippen molar-refractivity contribution in [1.29, 1.82) is 0 Å². The van der Waals surface area contributed by atoms with Crippen LogP contribution in [0.5, 0.6) is 0 Å². The second-order valence-corrected chi connectivity index (χ2v) is 6.25. The van der Waals surface area contributed by atoms with Crippen LogP contribution in [0.2, 0.25) is 0 Å². The lowest BCUT2D eigenvalue weighted by Crippen LogP contribution is -2.39. The van der Waals surface area contributed by atoms with Crippen LogP contribution in [0.15, 0.2) is 41.2 Å². The van der Waals surface area contributed by atoms with E-state index in [9.17, 15) is 9.59 Å². The van der Waals surface area contributed by atoms with Gasteiger partial charge in [-0.3, -0.25) is 9.69 Å². The van der Waals surface area contributed by atoms with Gasteiger partial charge >= 0.3 is 6.09 Å². The average Bonchev–Trinajstić information content (AvgIpc) is 3.36. The predicted molar refractivity (Wildman–Crippen MR) is 85.7 cm³/mol. The molecule has 2 atom stereocenters. The molecule has 8 heteroatoms. The van der Waals surface area contributed by atoms with Gasteiger partial charge < -0.3 is 14.2 Å².